The molecule has 0 amide bonds. The Morgan fingerprint density at radius 3 is 1.69 bits per heavy atom. The van der Waals surface area contributed by atoms with Crippen molar-refractivity contribution < 1.29 is 0 Å². The zero-order valence-electron chi connectivity index (χ0n) is 12.9. The lowest BCUT2D eigenvalue weighted by Gasteiger charge is -2.43. The van der Waals surface area contributed by atoms with E-state index in [0.29, 0.717) is 11.0 Å². The van der Waals surface area contributed by atoms with E-state index in [9.17, 15) is 0 Å². The molecule has 1 atom stereocenters. The average Bonchev–Trinajstić information content (AvgIpc) is 2.49. The van der Waals surface area contributed by atoms with Crippen LogP contribution >= 0.6 is 0 Å². The van der Waals surface area contributed by atoms with Gasteiger partial charge in [0.1, 0.15) is 0 Å². The van der Waals surface area contributed by atoms with Gasteiger partial charge in [0.2, 0.25) is 0 Å². The molecular weight excluding hydrogens is 194 g/mol. The minimum absolute atomic E-state index is 0.342. The first kappa shape index (κ1) is 16.0. The molecule has 16 heavy (non-hydrogen) atoms. The van der Waals surface area contributed by atoms with Gasteiger partial charge in [-0.05, 0) is 45.6 Å². The second-order valence-corrected chi connectivity index (χ2v) is 7.10. The Hall–Kier alpha value is -0.0400. The second kappa shape index (κ2) is 6.05. The van der Waals surface area contributed by atoms with Crippen LogP contribution in [-0.4, -0.2) is 23.0 Å². The van der Waals surface area contributed by atoms with Gasteiger partial charge in [0.25, 0.3) is 0 Å². The summed E-state index contributed by atoms with van der Waals surface area (Å²) < 4.78 is 0. The van der Waals surface area contributed by atoms with Crippen LogP contribution in [0.4, 0.5) is 0 Å². The molecular formula is C15H33N. The summed E-state index contributed by atoms with van der Waals surface area (Å²) in [6, 6.07) is 0.771. The lowest BCUT2D eigenvalue weighted by molar-refractivity contribution is 0.0582. The SMILES string of the molecule is CC(C)(C)C1CCCN1C(C)(C)C.CCC. The maximum Gasteiger partial charge on any atom is 0.0149 e. The summed E-state index contributed by atoms with van der Waals surface area (Å²) in [5, 5.41) is 0. The molecule has 1 rings (SSSR count). The molecule has 0 saturated carbocycles. The average molecular weight is 227 g/mol. The molecule has 0 radical (unpaired) electrons. The molecule has 1 heteroatoms. The standard InChI is InChI=1S/C12H25N.C3H8/c1-11(2,3)10-8-7-9-13(10)12(4,5)6;1-3-2/h10H,7-9H2,1-6H3;3H2,1-2H3. The van der Waals surface area contributed by atoms with E-state index in [4.69, 9.17) is 0 Å². The molecule has 1 nitrogen and oxygen atoms in total. The maximum atomic E-state index is 2.67. The van der Waals surface area contributed by atoms with E-state index in [1.165, 1.54) is 25.8 Å². The molecule has 0 aromatic carbocycles. The lowest BCUT2D eigenvalue weighted by atomic mass is 9.83. The Morgan fingerprint density at radius 2 is 1.44 bits per heavy atom. The van der Waals surface area contributed by atoms with E-state index in [-0.39, 0.29) is 0 Å². The third kappa shape index (κ3) is 4.86. The smallest absolute Gasteiger partial charge is 0.0149 e. The molecule has 0 aromatic rings. The van der Waals surface area contributed by atoms with Crippen LogP contribution in [0.5, 0.6) is 0 Å². The number of rotatable bonds is 0. The van der Waals surface area contributed by atoms with Gasteiger partial charge in [-0.1, -0.05) is 41.0 Å². The van der Waals surface area contributed by atoms with Crippen LogP contribution < -0.4 is 0 Å². The molecule has 0 aromatic heterocycles. The fourth-order valence-corrected chi connectivity index (χ4v) is 2.47. The quantitative estimate of drug-likeness (QED) is 0.579. The Bertz CT molecular complexity index is 163. The van der Waals surface area contributed by atoms with Gasteiger partial charge in [-0.2, -0.15) is 0 Å². The number of hydrogen-bond donors (Lipinski definition) is 0. The van der Waals surface area contributed by atoms with Crippen molar-refractivity contribution in [2.45, 2.75) is 86.2 Å². The summed E-state index contributed by atoms with van der Waals surface area (Å²) >= 11 is 0. The van der Waals surface area contributed by atoms with Crippen LogP contribution in [-0.2, 0) is 0 Å². The first-order chi connectivity index (χ1) is 7.14. The van der Waals surface area contributed by atoms with Crippen molar-refractivity contribution in [2.75, 3.05) is 6.54 Å². The Balaban J connectivity index is 0.000000673. The Kier molecular flexibility index (Phi) is 6.03. The van der Waals surface area contributed by atoms with Crippen LogP contribution in [0.25, 0.3) is 0 Å². The number of hydrogen-bond acceptors (Lipinski definition) is 1. The van der Waals surface area contributed by atoms with Crippen LogP contribution in [0.2, 0.25) is 0 Å². The van der Waals surface area contributed by atoms with E-state index in [1.807, 2.05) is 0 Å². The van der Waals surface area contributed by atoms with Crippen molar-refractivity contribution >= 4 is 0 Å². The summed E-state index contributed by atoms with van der Waals surface area (Å²) in [6.45, 7) is 19.6. The fourth-order valence-electron chi connectivity index (χ4n) is 2.47. The molecule has 1 unspecified atom stereocenters. The lowest BCUT2D eigenvalue weighted by Crippen LogP contribution is -2.49. The van der Waals surface area contributed by atoms with Crippen molar-refractivity contribution in [3.63, 3.8) is 0 Å². The molecule has 0 spiro atoms. The summed E-state index contributed by atoms with van der Waals surface area (Å²) in [5.41, 5.74) is 0.776. The summed E-state index contributed by atoms with van der Waals surface area (Å²) in [5.74, 6) is 0. The van der Waals surface area contributed by atoms with Gasteiger partial charge in [0.05, 0.1) is 0 Å². The third-order valence-corrected chi connectivity index (χ3v) is 3.11. The summed E-state index contributed by atoms with van der Waals surface area (Å²) in [6.07, 6.45) is 4.00. The molecule has 1 saturated heterocycles. The monoisotopic (exact) mass is 227 g/mol. The van der Waals surface area contributed by atoms with E-state index < -0.39 is 0 Å². The molecule has 1 aliphatic heterocycles. The molecule has 0 N–H and O–H groups in total. The minimum atomic E-state index is 0.342. The van der Waals surface area contributed by atoms with Crippen LogP contribution in [0, 0.1) is 5.41 Å². The van der Waals surface area contributed by atoms with Gasteiger partial charge in [0, 0.05) is 11.6 Å². The van der Waals surface area contributed by atoms with Crippen LogP contribution in [0.1, 0.15) is 74.7 Å². The predicted octanol–water partition coefficient (Wildman–Crippen LogP) is 4.71. The predicted molar refractivity (Wildman–Crippen MR) is 74.9 cm³/mol. The summed E-state index contributed by atoms with van der Waals surface area (Å²) in [4.78, 5) is 2.67. The highest BCUT2D eigenvalue weighted by atomic mass is 15.2. The minimum Gasteiger partial charge on any atom is -0.295 e. The van der Waals surface area contributed by atoms with Crippen molar-refractivity contribution in [3.8, 4) is 0 Å². The van der Waals surface area contributed by atoms with E-state index in [2.05, 4.69) is 60.3 Å². The van der Waals surface area contributed by atoms with Crippen LogP contribution in [0.3, 0.4) is 0 Å². The van der Waals surface area contributed by atoms with Gasteiger partial charge in [-0.3, -0.25) is 4.90 Å². The van der Waals surface area contributed by atoms with Crippen LogP contribution in [0.15, 0.2) is 0 Å². The summed E-state index contributed by atoms with van der Waals surface area (Å²) in [7, 11) is 0. The number of likely N-dealkylation sites (tertiary alicyclic amines) is 1. The second-order valence-electron chi connectivity index (χ2n) is 7.10. The third-order valence-electron chi connectivity index (χ3n) is 3.11. The van der Waals surface area contributed by atoms with E-state index >= 15 is 0 Å². The zero-order valence-corrected chi connectivity index (χ0v) is 12.9. The van der Waals surface area contributed by atoms with Crippen molar-refractivity contribution in [1.29, 1.82) is 0 Å². The van der Waals surface area contributed by atoms with E-state index in [0.717, 1.165) is 6.04 Å². The van der Waals surface area contributed by atoms with Gasteiger partial charge in [-0.25, -0.2) is 0 Å². The first-order valence-corrected chi connectivity index (χ1v) is 6.91. The maximum absolute atomic E-state index is 2.67. The Labute approximate surface area is 104 Å². The highest BCUT2D eigenvalue weighted by Gasteiger charge is 2.38. The highest BCUT2D eigenvalue weighted by molar-refractivity contribution is 4.93. The fraction of sp³-hybridized carbons (Fsp3) is 1.00. The largest absolute Gasteiger partial charge is 0.295 e. The van der Waals surface area contributed by atoms with Crippen molar-refractivity contribution in [3.05, 3.63) is 0 Å². The van der Waals surface area contributed by atoms with Gasteiger partial charge in [0.15, 0.2) is 0 Å². The molecule has 1 heterocycles. The molecule has 1 aliphatic rings. The van der Waals surface area contributed by atoms with Gasteiger partial charge < -0.3 is 0 Å². The number of nitrogens with zero attached hydrogens (tertiary/aromatic N) is 1. The van der Waals surface area contributed by atoms with Gasteiger partial charge in [-0.15, -0.1) is 0 Å². The molecule has 0 bridgehead atoms. The van der Waals surface area contributed by atoms with Gasteiger partial charge >= 0.3 is 0 Å². The molecule has 0 aliphatic carbocycles. The Morgan fingerprint density at radius 1 is 1.00 bits per heavy atom. The molecule has 1 fully saturated rings. The normalized spacial score (nSPS) is 22.9. The van der Waals surface area contributed by atoms with Crippen molar-refractivity contribution in [2.24, 2.45) is 5.41 Å². The first-order valence-electron chi connectivity index (χ1n) is 6.91. The topological polar surface area (TPSA) is 3.24 Å². The van der Waals surface area contributed by atoms with E-state index in [1.54, 1.807) is 0 Å². The molecule has 98 valence electrons. The highest BCUT2D eigenvalue weighted by Crippen LogP contribution is 2.36. The van der Waals surface area contributed by atoms with Crippen molar-refractivity contribution in [1.82, 2.24) is 4.90 Å². The zero-order chi connectivity index (χ0) is 13.0.